The van der Waals surface area contributed by atoms with Crippen LogP contribution < -0.4 is 5.32 Å². The lowest BCUT2D eigenvalue weighted by Gasteiger charge is -2.11. The van der Waals surface area contributed by atoms with E-state index in [0.717, 1.165) is 5.75 Å². The highest BCUT2D eigenvalue weighted by Gasteiger charge is 2.10. The fourth-order valence-electron chi connectivity index (χ4n) is 1.19. The number of aromatic amines is 1. The Kier molecular flexibility index (Phi) is 4.25. The Balaban J connectivity index is 2.58. The van der Waals surface area contributed by atoms with E-state index in [9.17, 15) is 4.79 Å². The van der Waals surface area contributed by atoms with Crippen molar-refractivity contribution in [2.75, 3.05) is 12.0 Å². The second-order valence-electron chi connectivity index (χ2n) is 3.23. The van der Waals surface area contributed by atoms with Gasteiger partial charge in [0.25, 0.3) is 5.91 Å². The maximum Gasteiger partial charge on any atom is 0.267 e. The van der Waals surface area contributed by atoms with Crippen LogP contribution in [0.5, 0.6) is 0 Å². The van der Waals surface area contributed by atoms with Crippen molar-refractivity contribution in [1.29, 1.82) is 5.26 Å². The van der Waals surface area contributed by atoms with Crippen molar-refractivity contribution in [1.82, 2.24) is 10.3 Å². The Bertz CT molecular complexity index is 380. The quantitative estimate of drug-likeness (QED) is 0.810. The van der Waals surface area contributed by atoms with Crippen LogP contribution in [-0.4, -0.2) is 28.9 Å². The van der Waals surface area contributed by atoms with Gasteiger partial charge in [-0.25, -0.2) is 0 Å². The molecule has 1 heterocycles. The smallest absolute Gasteiger partial charge is 0.267 e. The predicted octanol–water partition coefficient (Wildman–Crippen LogP) is 1.37. The standard InChI is InChI=1S/C10H13N3OS/c1-7(6-15-2)12-10(14)9-4-3-8(5-11)13-9/h3-4,7,13H,6H2,1-2H3,(H,12,14)/t7-/m1/s1. The number of amides is 1. The molecule has 0 saturated heterocycles. The van der Waals surface area contributed by atoms with Gasteiger partial charge in [0, 0.05) is 11.8 Å². The summed E-state index contributed by atoms with van der Waals surface area (Å²) < 4.78 is 0. The van der Waals surface area contributed by atoms with E-state index in [0.29, 0.717) is 11.4 Å². The Morgan fingerprint density at radius 3 is 3.00 bits per heavy atom. The van der Waals surface area contributed by atoms with E-state index in [2.05, 4.69) is 10.3 Å². The van der Waals surface area contributed by atoms with Gasteiger partial charge in [-0.1, -0.05) is 0 Å². The SMILES string of the molecule is CSC[C@@H](C)NC(=O)c1ccc(C#N)[nH]1. The van der Waals surface area contributed by atoms with E-state index in [1.165, 1.54) is 0 Å². The van der Waals surface area contributed by atoms with Crippen LogP contribution in [0.15, 0.2) is 12.1 Å². The molecule has 1 aromatic heterocycles. The van der Waals surface area contributed by atoms with Crippen LogP contribution in [0.1, 0.15) is 23.1 Å². The molecule has 80 valence electrons. The predicted molar refractivity (Wildman–Crippen MR) is 60.8 cm³/mol. The van der Waals surface area contributed by atoms with Gasteiger partial charge in [-0.15, -0.1) is 0 Å². The summed E-state index contributed by atoms with van der Waals surface area (Å²) >= 11 is 1.68. The minimum Gasteiger partial charge on any atom is -0.347 e. The van der Waals surface area contributed by atoms with Gasteiger partial charge in [-0.05, 0) is 25.3 Å². The monoisotopic (exact) mass is 223 g/mol. The molecule has 0 radical (unpaired) electrons. The van der Waals surface area contributed by atoms with Crippen LogP contribution in [0, 0.1) is 11.3 Å². The zero-order chi connectivity index (χ0) is 11.3. The summed E-state index contributed by atoms with van der Waals surface area (Å²) in [6.45, 7) is 1.95. The number of nitrogens with zero attached hydrogens (tertiary/aromatic N) is 1. The van der Waals surface area contributed by atoms with E-state index in [1.54, 1.807) is 23.9 Å². The minimum absolute atomic E-state index is 0.126. The summed E-state index contributed by atoms with van der Waals surface area (Å²) in [7, 11) is 0. The van der Waals surface area contributed by atoms with Crippen molar-refractivity contribution in [3.63, 3.8) is 0 Å². The van der Waals surface area contributed by atoms with E-state index >= 15 is 0 Å². The number of nitriles is 1. The molecule has 4 nitrogen and oxygen atoms in total. The third kappa shape index (κ3) is 3.33. The van der Waals surface area contributed by atoms with Gasteiger partial charge in [-0.3, -0.25) is 4.79 Å². The van der Waals surface area contributed by atoms with Gasteiger partial charge in [-0.2, -0.15) is 17.0 Å². The van der Waals surface area contributed by atoms with Gasteiger partial charge in [0.15, 0.2) is 0 Å². The molecule has 0 saturated carbocycles. The summed E-state index contributed by atoms with van der Waals surface area (Å²) in [5.74, 6) is 0.704. The van der Waals surface area contributed by atoms with Crippen LogP contribution >= 0.6 is 11.8 Å². The van der Waals surface area contributed by atoms with Gasteiger partial charge in [0.1, 0.15) is 17.5 Å². The number of hydrogen-bond donors (Lipinski definition) is 2. The molecule has 0 aliphatic carbocycles. The Morgan fingerprint density at radius 1 is 1.73 bits per heavy atom. The topological polar surface area (TPSA) is 68.7 Å². The first kappa shape index (κ1) is 11.7. The van der Waals surface area contributed by atoms with E-state index in [1.807, 2.05) is 19.2 Å². The number of rotatable bonds is 4. The first-order valence-corrected chi connectivity index (χ1v) is 5.95. The van der Waals surface area contributed by atoms with Crippen molar-refractivity contribution >= 4 is 17.7 Å². The maximum absolute atomic E-state index is 11.6. The number of nitrogens with one attached hydrogen (secondary N) is 2. The molecular formula is C10H13N3OS. The second kappa shape index (κ2) is 5.47. The first-order chi connectivity index (χ1) is 7.17. The fraction of sp³-hybridized carbons (Fsp3) is 0.400. The maximum atomic E-state index is 11.6. The Hall–Kier alpha value is -1.41. The van der Waals surface area contributed by atoms with Crippen molar-refractivity contribution in [3.05, 3.63) is 23.5 Å². The molecule has 1 aromatic rings. The molecule has 0 fully saturated rings. The summed E-state index contributed by atoms with van der Waals surface area (Å²) in [5, 5.41) is 11.4. The van der Waals surface area contributed by atoms with Crippen molar-refractivity contribution in [2.45, 2.75) is 13.0 Å². The largest absolute Gasteiger partial charge is 0.347 e. The lowest BCUT2D eigenvalue weighted by molar-refractivity contribution is 0.0939. The fourth-order valence-corrected chi connectivity index (χ4v) is 1.77. The summed E-state index contributed by atoms with van der Waals surface area (Å²) in [6.07, 6.45) is 1.99. The number of carbonyl (C=O) groups excluding carboxylic acids is 1. The molecule has 0 unspecified atom stereocenters. The summed E-state index contributed by atoms with van der Waals surface area (Å²) in [6, 6.07) is 5.27. The van der Waals surface area contributed by atoms with Crippen LogP contribution in [0.25, 0.3) is 0 Å². The molecule has 1 rings (SSSR count). The average molecular weight is 223 g/mol. The molecule has 15 heavy (non-hydrogen) atoms. The number of aromatic nitrogens is 1. The molecule has 0 aliphatic heterocycles. The molecule has 0 aliphatic rings. The summed E-state index contributed by atoms with van der Waals surface area (Å²) in [5.41, 5.74) is 0.831. The number of H-pyrrole nitrogens is 1. The third-order valence-corrected chi connectivity index (χ3v) is 2.68. The van der Waals surface area contributed by atoms with Crippen molar-refractivity contribution < 1.29 is 4.79 Å². The number of thioether (sulfide) groups is 1. The second-order valence-corrected chi connectivity index (χ2v) is 4.14. The van der Waals surface area contributed by atoms with Gasteiger partial charge in [0.05, 0.1) is 0 Å². The van der Waals surface area contributed by atoms with Crippen LogP contribution in [-0.2, 0) is 0 Å². The highest BCUT2D eigenvalue weighted by Crippen LogP contribution is 2.02. The lowest BCUT2D eigenvalue weighted by atomic mass is 10.3. The lowest BCUT2D eigenvalue weighted by Crippen LogP contribution is -2.34. The number of hydrogen-bond acceptors (Lipinski definition) is 3. The summed E-state index contributed by atoms with van der Waals surface area (Å²) in [4.78, 5) is 14.3. The van der Waals surface area contributed by atoms with E-state index in [-0.39, 0.29) is 11.9 Å². The molecule has 0 aromatic carbocycles. The zero-order valence-electron chi connectivity index (χ0n) is 8.70. The van der Waals surface area contributed by atoms with Crippen molar-refractivity contribution in [2.24, 2.45) is 0 Å². The minimum atomic E-state index is -0.168. The average Bonchev–Trinajstić information content (AvgIpc) is 2.66. The number of carbonyl (C=O) groups is 1. The van der Waals surface area contributed by atoms with Gasteiger partial charge >= 0.3 is 0 Å². The van der Waals surface area contributed by atoms with Crippen molar-refractivity contribution in [3.8, 4) is 6.07 Å². The van der Waals surface area contributed by atoms with Gasteiger partial charge in [0.2, 0.25) is 0 Å². The van der Waals surface area contributed by atoms with Crippen LogP contribution in [0.3, 0.4) is 0 Å². The van der Waals surface area contributed by atoms with E-state index < -0.39 is 0 Å². The normalized spacial score (nSPS) is 11.8. The molecule has 0 spiro atoms. The Morgan fingerprint density at radius 2 is 2.47 bits per heavy atom. The van der Waals surface area contributed by atoms with Crippen LogP contribution in [0.2, 0.25) is 0 Å². The van der Waals surface area contributed by atoms with Gasteiger partial charge < -0.3 is 10.3 Å². The Labute approximate surface area is 93.1 Å². The molecule has 2 N–H and O–H groups in total. The molecule has 1 atom stereocenters. The molecule has 5 heteroatoms. The van der Waals surface area contributed by atoms with Crippen LogP contribution in [0.4, 0.5) is 0 Å². The third-order valence-electron chi connectivity index (χ3n) is 1.85. The molecule has 1 amide bonds. The zero-order valence-corrected chi connectivity index (χ0v) is 9.52. The first-order valence-electron chi connectivity index (χ1n) is 4.56. The van der Waals surface area contributed by atoms with E-state index in [4.69, 9.17) is 5.26 Å². The highest BCUT2D eigenvalue weighted by atomic mass is 32.2. The molecule has 0 bridgehead atoms. The molecular weight excluding hydrogens is 210 g/mol. The highest BCUT2D eigenvalue weighted by molar-refractivity contribution is 7.98.